The van der Waals surface area contributed by atoms with Gasteiger partial charge >= 0.3 is 0 Å². The molecule has 0 fully saturated rings. The Morgan fingerprint density at radius 1 is 1.33 bits per heavy atom. The van der Waals surface area contributed by atoms with Gasteiger partial charge in [-0.2, -0.15) is 0 Å². The van der Waals surface area contributed by atoms with Crippen molar-refractivity contribution in [2.45, 2.75) is 20.0 Å². The summed E-state index contributed by atoms with van der Waals surface area (Å²) in [5.74, 6) is 0. The number of nitrogens with zero attached hydrogens (tertiary/aromatic N) is 1. The van der Waals surface area contributed by atoms with E-state index in [9.17, 15) is 0 Å². The maximum atomic E-state index is 5.75. The van der Waals surface area contributed by atoms with Gasteiger partial charge in [-0.1, -0.05) is 0 Å². The largest absolute Gasteiger partial charge is 0.399 e. The van der Waals surface area contributed by atoms with Crippen LogP contribution in [0, 0.1) is 0 Å². The summed E-state index contributed by atoms with van der Waals surface area (Å²) >= 11 is 0. The molecule has 2 aromatic rings. The molecule has 0 unspecified atom stereocenters. The predicted molar refractivity (Wildman–Crippen MR) is 75.7 cm³/mol. The Morgan fingerprint density at radius 2 is 2.17 bits per heavy atom. The Hall–Kier alpha value is -1.81. The molecule has 0 saturated carbocycles. The number of hydrogen-bond acceptors (Lipinski definition) is 4. The van der Waals surface area contributed by atoms with E-state index in [1.54, 1.807) is 6.20 Å². The third kappa shape index (κ3) is 3.11. The van der Waals surface area contributed by atoms with Crippen molar-refractivity contribution in [3.63, 3.8) is 0 Å². The van der Waals surface area contributed by atoms with E-state index in [-0.39, 0.29) is 6.10 Å². The van der Waals surface area contributed by atoms with E-state index in [4.69, 9.17) is 10.5 Å². The molecule has 0 bridgehead atoms. The fraction of sp³-hybridized carbons (Fsp3) is 0.357. The maximum absolute atomic E-state index is 5.75. The number of pyridine rings is 1. The number of ether oxygens (including phenoxy) is 1. The van der Waals surface area contributed by atoms with Crippen molar-refractivity contribution in [3.8, 4) is 0 Å². The fourth-order valence-corrected chi connectivity index (χ4v) is 1.80. The molecule has 3 N–H and O–H groups in total. The lowest BCUT2D eigenvalue weighted by molar-refractivity contribution is 0.0871. The average molecular weight is 245 g/mol. The van der Waals surface area contributed by atoms with Gasteiger partial charge in [-0.3, -0.25) is 4.98 Å². The fourth-order valence-electron chi connectivity index (χ4n) is 1.80. The van der Waals surface area contributed by atoms with Crippen molar-refractivity contribution >= 4 is 22.3 Å². The molecule has 4 nitrogen and oxygen atoms in total. The molecule has 0 aliphatic carbocycles. The molecule has 0 aliphatic heterocycles. The van der Waals surface area contributed by atoms with Crippen LogP contribution >= 0.6 is 0 Å². The first-order valence-electron chi connectivity index (χ1n) is 6.16. The van der Waals surface area contributed by atoms with E-state index >= 15 is 0 Å². The molecule has 0 aliphatic rings. The van der Waals surface area contributed by atoms with Crippen LogP contribution in [0.4, 0.5) is 11.4 Å². The third-order valence-corrected chi connectivity index (χ3v) is 2.64. The van der Waals surface area contributed by atoms with Crippen LogP contribution in [-0.2, 0) is 4.74 Å². The normalized spacial score (nSPS) is 11.1. The maximum Gasteiger partial charge on any atom is 0.0743 e. The van der Waals surface area contributed by atoms with Crippen LogP contribution in [0.15, 0.2) is 30.5 Å². The van der Waals surface area contributed by atoms with E-state index < -0.39 is 0 Å². The van der Waals surface area contributed by atoms with Gasteiger partial charge in [-0.25, -0.2) is 0 Å². The first-order chi connectivity index (χ1) is 8.66. The second-order valence-electron chi connectivity index (χ2n) is 4.48. The highest BCUT2D eigenvalue weighted by Gasteiger charge is 2.02. The van der Waals surface area contributed by atoms with E-state index in [1.807, 2.05) is 38.1 Å². The number of anilines is 2. The minimum Gasteiger partial charge on any atom is -0.399 e. The Kier molecular flexibility index (Phi) is 3.99. The summed E-state index contributed by atoms with van der Waals surface area (Å²) in [5, 5.41) is 4.44. The minimum absolute atomic E-state index is 0.265. The Labute approximate surface area is 107 Å². The van der Waals surface area contributed by atoms with Crippen molar-refractivity contribution in [3.05, 3.63) is 30.5 Å². The zero-order valence-electron chi connectivity index (χ0n) is 10.8. The summed E-state index contributed by atoms with van der Waals surface area (Å²) in [4.78, 5) is 4.31. The summed E-state index contributed by atoms with van der Waals surface area (Å²) in [7, 11) is 0. The van der Waals surface area contributed by atoms with Crippen molar-refractivity contribution < 1.29 is 4.74 Å². The first kappa shape index (κ1) is 12.6. The molecule has 96 valence electrons. The van der Waals surface area contributed by atoms with Crippen LogP contribution in [0.5, 0.6) is 0 Å². The molecular weight excluding hydrogens is 226 g/mol. The topological polar surface area (TPSA) is 60.2 Å². The highest BCUT2D eigenvalue weighted by Crippen LogP contribution is 2.22. The quantitative estimate of drug-likeness (QED) is 0.628. The molecule has 0 saturated heterocycles. The smallest absolute Gasteiger partial charge is 0.0743 e. The number of hydrogen-bond donors (Lipinski definition) is 2. The standard InChI is InChI=1S/C14H19N3O/c1-10(2)18-8-7-17-13-5-6-16-14-9-11(15)3-4-12(13)14/h3-6,9-10H,7-8,15H2,1-2H3,(H,16,17). The summed E-state index contributed by atoms with van der Waals surface area (Å²) in [6, 6.07) is 7.72. The molecule has 1 heterocycles. The van der Waals surface area contributed by atoms with Crippen LogP contribution < -0.4 is 11.1 Å². The summed E-state index contributed by atoms with van der Waals surface area (Å²) < 4.78 is 5.50. The molecule has 2 rings (SSSR count). The van der Waals surface area contributed by atoms with Gasteiger partial charge in [0, 0.05) is 29.5 Å². The van der Waals surface area contributed by atoms with Crippen LogP contribution in [0.1, 0.15) is 13.8 Å². The van der Waals surface area contributed by atoms with E-state index in [0.29, 0.717) is 6.61 Å². The Balaban J connectivity index is 2.08. The second kappa shape index (κ2) is 5.69. The molecule has 1 aromatic heterocycles. The van der Waals surface area contributed by atoms with Gasteiger partial charge in [-0.15, -0.1) is 0 Å². The van der Waals surface area contributed by atoms with Crippen LogP contribution in [0.3, 0.4) is 0 Å². The van der Waals surface area contributed by atoms with Gasteiger partial charge in [0.25, 0.3) is 0 Å². The number of benzene rings is 1. The van der Waals surface area contributed by atoms with E-state index in [1.165, 1.54) is 0 Å². The average Bonchev–Trinajstić information content (AvgIpc) is 2.34. The highest BCUT2D eigenvalue weighted by atomic mass is 16.5. The molecule has 4 heteroatoms. The predicted octanol–water partition coefficient (Wildman–Crippen LogP) is 2.65. The monoisotopic (exact) mass is 245 g/mol. The molecule has 0 amide bonds. The van der Waals surface area contributed by atoms with Crippen molar-refractivity contribution in [1.82, 2.24) is 4.98 Å². The summed E-state index contributed by atoms with van der Waals surface area (Å²) in [5.41, 5.74) is 8.45. The van der Waals surface area contributed by atoms with Gasteiger partial charge in [-0.05, 0) is 38.1 Å². The van der Waals surface area contributed by atoms with Gasteiger partial charge < -0.3 is 15.8 Å². The lowest BCUT2D eigenvalue weighted by atomic mass is 10.1. The zero-order valence-corrected chi connectivity index (χ0v) is 10.8. The second-order valence-corrected chi connectivity index (χ2v) is 4.48. The molecule has 0 radical (unpaired) electrons. The lowest BCUT2D eigenvalue weighted by Gasteiger charge is -2.11. The number of nitrogen functional groups attached to an aromatic ring is 1. The SMILES string of the molecule is CC(C)OCCNc1ccnc2cc(N)ccc12. The zero-order chi connectivity index (χ0) is 13.0. The van der Waals surface area contributed by atoms with Crippen molar-refractivity contribution in [1.29, 1.82) is 0 Å². The molecule has 0 spiro atoms. The summed E-state index contributed by atoms with van der Waals surface area (Å²) in [6.45, 7) is 5.54. The number of aromatic nitrogens is 1. The number of fused-ring (bicyclic) bond motifs is 1. The number of nitrogens with two attached hydrogens (primary N) is 1. The van der Waals surface area contributed by atoms with Crippen molar-refractivity contribution in [2.24, 2.45) is 0 Å². The van der Waals surface area contributed by atoms with Gasteiger partial charge in [0.15, 0.2) is 0 Å². The van der Waals surface area contributed by atoms with E-state index in [0.717, 1.165) is 28.8 Å². The van der Waals surface area contributed by atoms with Crippen LogP contribution in [0.2, 0.25) is 0 Å². The van der Waals surface area contributed by atoms with E-state index in [2.05, 4.69) is 10.3 Å². The first-order valence-corrected chi connectivity index (χ1v) is 6.16. The van der Waals surface area contributed by atoms with Gasteiger partial charge in [0.2, 0.25) is 0 Å². The lowest BCUT2D eigenvalue weighted by Crippen LogP contribution is -2.13. The van der Waals surface area contributed by atoms with Crippen LogP contribution in [-0.4, -0.2) is 24.2 Å². The summed E-state index contributed by atoms with van der Waals surface area (Å²) in [6.07, 6.45) is 2.05. The van der Waals surface area contributed by atoms with Gasteiger partial charge in [0.05, 0.1) is 18.2 Å². The minimum atomic E-state index is 0.265. The molecule has 18 heavy (non-hydrogen) atoms. The Morgan fingerprint density at radius 3 is 2.94 bits per heavy atom. The highest BCUT2D eigenvalue weighted by molar-refractivity contribution is 5.92. The molecule has 0 atom stereocenters. The van der Waals surface area contributed by atoms with Crippen molar-refractivity contribution in [2.75, 3.05) is 24.2 Å². The van der Waals surface area contributed by atoms with Crippen LogP contribution in [0.25, 0.3) is 10.9 Å². The van der Waals surface area contributed by atoms with Gasteiger partial charge in [0.1, 0.15) is 0 Å². The Bertz CT molecular complexity index is 525. The molecular formula is C14H19N3O. The number of nitrogens with one attached hydrogen (secondary N) is 1. The third-order valence-electron chi connectivity index (χ3n) is 2.64. The molecule has 1 aromatic carbocycles. The number of rotatable bonds is 5.